The van der Waals surface area contributed by atoms with Crippen molar-refractivity contribution in [3.8, 4) is 0 Å². The highest BCUT2D eigenvalue weighted by Crippen LogP contribution is 2.15. The van der Waals surface area contributed by atoms with Crippen LogP contribution in [-0.2, 0) is 6.54 Å². The van der Waals surface area contributed by atoms with E-state index in [1.807, 2.05) is 26.2 Å². The fourth-order valence-electron chi connectivity index (χ4n) is 1.66. The molecule has 92 valence electrons. The first-order valence-corrected chi connectivity index (χ1v) is 6.43. The van der Waals surface area contributed by atoms with Crippen LogP contribution in [0.2, 0.25) is 0 Å². The highest BCUT2D eigenvalue weighted by atomic mass is 32.1. The van der Waals surface area contributed by atoms with Gasteiger partial charge in [-0.15, -0.1) is 0 Å². The molecule has 0 saturated carbocycles. The lowest BCUT2D eigenvalue weighted by Crippen LogP contribution is -2.19. The summed E-state index contributed by atoms with van der Waals surface area (Å²) in [5, 5.41) is 0.991. The highest BCUT2D eigenvalue weighted by molar-refractivity contribution is 7.09. The summed E-state index contributed by atoms with van der Waals surface area (Å²) >= 11 is 1.45. The first-order valence-electron chi connectivity index (χ1n) is 5.66. The van der Waals surface area contributed by atoms with Crippen LogP contribution in [0.3, 0.4) is 0 Å². The van der Waals surface area contributed by atoms with Crippen LogP contribution in [0.4, 0.5) is 5.13 Å². The van der Waals surface area contributed by atoms with Crippen molar-refractivity contribution in [1.29, 1.82) is 0 Å². The van der Waals surface area contributed by atoms with Gasteiger partial charge in [0.15, 0.2) is 0 Å². The summed E-state index contributed by atoms with van der Waals surface area (Å²) in [6.45, 7) is 5.92. The van der Waals surface area contributed by atoms with Gasteiger partial charge in [-0.2, -0.15) is 4.37 Å². The van der Waals surface area contributed by atoms with Crippen LogP contribution >= 0.6 is 11.5 Å². The minimum Gasteiger partial charge on any atom is -0.350 e. The maximum Gasteiger partial charge on any atom is 0.204 e. The average Bonchev–Trinajstić information content (AvgIpc) is 2.88. The van der Waals surface area contributed by atoms with Gasteiger partial charge in [-0.05, 0) is 20.3 Å². The lowest BCUT2D eigenvalue weighted by atomic mass is 10.4. The molecule has 17 heavy (non-hydrogen) atoms. The second kappa shape index (κ2) is 5.27. The van der Waals surface area contributed by atoms with Crippen molar-refractivity contribution in [2.45, 2.75) is 26.8 Å². The number of anilines is 1. The van der Waals surface area contributed by atoms with E-state index in [0.29, 0.717) is 0 Å². The molecule has 0 atom stereocenters. The van der Waals surface area contributed by atoms with Gasteiger partial charge in [0.05, 0.1) is 0 Å². The average molecular weight is 251 g/mol. The molecule has 0 radical (unpaired) electrons. The number of aromatic nitrogens is 4. The standard InChI is InChI=1S/C11H17N5S/c1-9-13-11(17-14-9)15(3)6-4-7-16-8-5-12-10(16)2/h5,8H,4,6-7H2,1-3H3. The molecule has 5 nitrogen and oxygen atoms in total. The number of nitrogens with zero attached hydrogens (tertiary/aromatic N) is 5. The second-order valence-electron chi connectivity index (χ2n) is 4.07. The van der Waals surface area contributed by atoms with E-state index in [1.165, 1.54) is 11.5 Å². The molecule has 0 aliphatic rings. The van der Waals surface area contributed by atoms with Crippen molar-refractivity contribution in [2.24, 2.45) is 0 Å². The Bertz CT molecular complexity index is 476. The normalized spacial score (nSPS) is 10.8. The summed E-state index contributed by atoms with van der Waals surface area (Å²) in [6.07, 6.45) is 4.93. The summed E-state index contributed by atoms with van der Waals surface area (Å²) < 4.78 is 6.35. The van der Waals surface area contributed by atoms with E-state index in [2.05, 4.69) is 30.9 Å². The van der Waals surface area contributed by atoms with Crippen molar-refractivity contribution in [2.75, 3.05) is 18.5 Å². The Hall–Kier alpha value is -1.43. The number of hydrogen-bond donors (Lipinski definition) is 0. The Morgan fingerprint density at radius 1 is 1.41 bits per heavy atom. The Kier molecular flexibility index (Phi) is 3.73. The van der Waals surface area contributed by atoms with Gasteiger partial charge in [-0.3, -0.25) is 0 Å². The summed E-state index contributed by atoms with van der Waals surface area (Å²) in [5.41, 5.74) is 0. The summed E-state index contributed by atoms with van der Waals surface area (Å²) in [7, 11) is 2.06. The predicted molar refractivity (Wildman–Crippen MR) is 69.5 cm³/mol. The van der Waals surface area contributed by atoms with E-state index < -0.39 is 0 Å². The topological polar surface area (TPSA) is 46.8 Å². The number of hydrogen-bond acceptors (Lipinski definition) is 5. The molecule has 2 rings (SSSR count). The van der Waals surface area contributed by atoms with Gasteiger partial charge in [0.25, 0.3) is 0 Å². The van der Waals surface area contributed by atoms with E-state index in [0.717, 1.165) is 36.3 Å². The quantitative estimate of drug-likeness (QED) is 0.814. The molecule has 2 aromatic heterocycles. The number of imidazole rings is 1. The Balaban J connectivity index is 1.81. The molecule has 0 spiro atoms. The summed E-state index contributed by atoms with van der Waals surface area (Å²) in [4.78, 5) is 10.7. The Morgan fingerprint density at radius 2 is 2.24 bits per heavy atom. The molecule has 2 heterocycles. The third-order valence-electron chi connectivity index (χ3n) is 2.66. The Labute approximate surface area is 105 Å². The lowest BCUT2D eigenvalue weighted by molar-refractivity contribution is 0.622. The van der Waals surface area contributed by atoms with Crippen LogP contribution in [0.1, 0.15) is 18.1 Å². The van der Waals surface area contributed by atoms with Crippen LogP contribution in [0.25, 0.3) is 0 Å². The van der Waals surface area contributed by atoms with Crippen molar-refractivity contribution in [1.82, 2.24) is 18.9 Å². The van der Waals surface area contributed by atoms with Crippen molar-refractivity contribution in [3.63, 3.8) is 0 Å². The van der Waals surface area contributed by atoms with Crippen LogP contribution < -0.4 is 4.90 Å². The zero-order valence-corrected chi connectivity index (χ0v) is 11.2. The molecule has 0 aliphatic heterocycles. The fourth-order valence-corrected chi connectivity index (χ4v) is 2.31. The third-order valence-corrected chi connectivity index (χ3v) is 3.58. The van der Waals surface area contributed by atoms with E-state index in [4.69, 9.17) is 0 Å². The molecular weight excluding hydrogens is 234 g/mol. The molecule has 0 bridgehead atoms. The molecule has 0 fully saturated rings. The largest absolute Gasteiger partial charge is 0.350 e. The van der Waals surface area contributed by atoms with Gasteiger partial charge in [0.2, 0.25) is 5.13 Å². The van der Waals surface area contributed by atoms with Gasteiger partial charge < -0.3 is 9.47 Å². The molecular formula is C11H17N5S. The van der Waals surface area contributed by atoms with Gasteiger partial charge in [-0.1, -0.05) is 0 Å². The van der Waals surface area contributed by atoms with Crippen LogP contribution in [0, 0.1) is 13.8 Å². The minimum atomic E-state index is 0.849. The van der Waals surface area contributed by atoms with Gasteiger partial charge in [0.1, 0.15) is 11.6 Å². The summed E-state index contributed by atoms with van der Waals surface area (Å²) in [5.74, 6) is 1.92. The molecule has 6 heteroatoms. The van der Waals surface area contributed by atoms with Crippen molar-refractivity contribution >= 4 is 16.7 Å². The maximum atomic E-state index is 4.36. The summed E-state index contributed by atoms with van der Waals surface area (Å²) in [6, 6.07) is 0. The number of rotatable bonds is 5. The second-order valence-corrected chi connectivity index (χ2v) is 4.80. The predicted octanol–water partition coefficient (Wildman–Crippen LogP) is 1.88. The fraction of sp³-hybridized carbons (Fsp3) is 0.545. The van der Waals surface area contributed by atoms with Crippen LogP contribution in [0.15, 0.2) is 12.4 Å². The maximum absolute atomic E-state index is 4.36. The zero-order valence-electron chi connectivity index (χ0n) is 10.4. The van der Waals surface area contributed by atoms with Gasteiger partial charge in [0, 0.05) is 44.1 Å². The van der Waals surface area contributed by atoms with Crippen LogP contribution in [0.5, 0.6) is 0 Å². The highest BCUT2D eigenvalue weighted by Gasteiger charge is 2.06. The molecule has 0 aliphatic carbocycles. The smallest absolute Gasteiger partial charge is 0.204 e. The van der Waals surface area contributed by atoms with E-state index in [1.54, 1.807) is 0 Å². The van der Waals surface area contributed by atoms with Gasteiger partial charge in [-0.25, -0.2) is 9.97 Å². The van der Waals surface area contributed by atoms with Crippen LogP contribution in [-0.4, -0.2) is 32.5 Å². The first kappa shape index (κ1) is 12.0. The van der Waals surface area contributed by atoms with E-state index in [9.17, 15) is 0 Å². The third kappa shape index (κ3) is 3.03. The molecule has 0 saturated heterocycles. The molecule has 0 unspecified atom stereocenters. The lowest BCUT2D eigenvalue weighted by Gasteiger charge is -2.15. The zero-order chi connectivity index (χ0) is 12.3. The molecule has 0 N–H and O–H groups in total. The van der Waals surface area contributed by atoms with Gasteiger partial charge >= 0.3 is 0 Å². The number of aryl methyl sites for hydroxylation is 3. The minimum absolute atomic E-state index is 0.849. The SMILES string of the molecule is Cc1nsc(N(C)CCCn2ccnc2C)n1. The van der Waals surface area contributed by atoms with Crippen molar-refractivity contribution in [3.05, 3.63) is 24.0 Å². The molecule has 0 amide bonds. The van der Waals surface area contributed by atoms with E-state index in [-0.39, 0.29) is 0 Å². The molecule has 0 aromatic carbocycles. The van der Waals surface area contributed by atoms with E-state index >= 15 is 0 Å². The van der Waals surface area contributed by atoms with Crippen molar-refractivity contribution < 1.29 is 0 Å². The first-order chi connectivity index (χ1) is 8.16. The molecule has 2 aromatic rings. The Morgan fingerprint density at radius 3 is 2.82 bits per heavy atom. The monoisotopic (exact) mass is 251 g/mol.